The van der Waals surface area contributed by atoms with Crippen LogP contribution in [0.4, 0.5) is 5.69 Å². The van der Waals surface area contributed by atoms with Crippen LogP contribution in [0.25, 0.3) is 21.5 Å². The molecule has 1 N–H and O–H groups in total. The largest absolute Gasteiger partial charge is 0.288 e. The van der Waals surface area contributed by atoms with Gasteiger partial charge in [0.1, 0.15) is 0 Å². The highest BCUT2D eigenvalue weighted by atomic mass is 16.5. The summed E-state index contributed by atoms with van der Waals surface area (Å²) in [5, 5.41) is 16.8. The number of hydrogen-bond acceptors (Lipinski definition) is 2. The van der Waals surface area contributed by atoms with E-state index in [1.807, 2.05) is 24.3 Å². The van der Waals surface area contributed by atoms with E-state index in [-0.39, 0.29) is 5.41 Å². The minimum atomic E-state index is 0.0623. The predicted molar refractivity (Wildman–Crippen MR) is 94.7 cm³/mol. The summed E-state index contributed by atoms with van der Waals surface area (Å²) in [7, 11) is 0. The third-order valence-corrected chi connectivity index (χ3v) is 4.54. The lowest BCUT2D eigenvalue weighted by Gasteiger charge is -2.30. The van der Waals surface area contributed by atoms with Crippen molar-refractivity contribution in [2.45, 2.75) is 27.2 Å². The van der Waals surface area contributed by atoms with E-state index in [4.69, 9.17) is 0 Å². The Hall–Kier alpha value is -2.06. The highest BCUT2D eigenvalue weighted by Gasteiger charge is 2.21. The molecule has 3 aromatic carbocycles. The molecule has 2 heteroatoms. The Bertz CT molecular complexity index is 753. The van der Waals surface area contributed by atoms with Crippen molar-refractivity contribution in [1.29, 1.82) is 0 Å². The van der Waals surface area contributed by atoms with E-state index in [1.165, 1.54) is 5.06 Å². The molecule has 0 amide bonds. The van der Waals surface area contributed by atoms with E-state index < -0.39 is 0 Å². The summed E-state index contributed by atoms with van der Waals surface area (Å²) in [6.45, 7) is 7.14. The predicted octanol–water partition coefficient (Wildman–Crippen LogP) is 5.62. The molecule has 0 aromatic heterocycles. The molecule has 0 atom stereocenters. The van der Waals surface area contributed by atoms with Gasteiger partial charge in [0.05, 0.1) is 12.2 Å². The zero-order chi connectivity index (χ0) is 15.7. The number of fused-ring (bicyclic) bond motifs is 2. The number of benzene rings is 3. The molecule has 3 aromatic rings. The zero-order valence-electron chi connectivity index (χ0n) is 13.5. The summed E-state index contributed by atoms with van der Waals surface area (Å²) in [6.07, 6.45) is 1.02. The summed E-state index contributed by atoms with van der Waals surface area (Å²) in [6, 6.07) is 18.7. The second kappa shape index (κ2) is 5.62. The molecule has 0 spiro atoms. The van der Waals surface area contributed by atoms with Crippen molar-refractivity contribution in [2.24, 2.45) is 5.41 Å². The maximum Gasteiger partial charge on any atom is 0.0790 e. The number of nitrogens with zero attached hydrogens (tertiary/aromatic N) is 1. The van der Waals surface area contributed by atoms with Crippen molar-refractivity contribution in [3.63, 3.8) is 0 Å². The fraction of sp³-hybridized carbons (Fsp3) is 0.300. The topological polar surface area (TPSA) is 23.5 Å². The van der Waals surface area contributed by atoms with Gasteiger partial charge in [-0.05, 0) is 28.7 Å². The molecular formula is C20H23NO. The van der Waals surface area contributed by atoms with Crippen LogP contribution in [0.5, 0.6) is 0 Å². The normalized spacial score (nSPS) is 12.0. The number of rotatable bonds is 4. The summed E-state index contributed by atoms with van der Waals surface area (Å²) in [5.41, 5.74) is 0.975. The average Bonchev–Trinajstić information content (AvgIpc) is 2.52. The molecule has 0 heterocycles. The SMILES string of the molecule is CCC(C)(C)CN(O)c1c2ccccc2cc2ccccc12. The van der Waals surface area contributed by atoms with Gasteiger partial charge in [-0.2, -0.15) is 0 Å². The molecular weight excluding hydrogens is 270 g/mol. The fourth-order valence-corrected chi connectivity index (χ4v) is 2.86. The van der Waals surface area contributed by atoms with Crippen LogP contribution in [0.15, 0.2) is 54.6 Å². The standard InChI is InChI=1S/C20H23NO/c1-4-20(2,3)14-21(22)19-17-11-7-5-9-15(17)13-16-10-6-8-12-18(16)19/h5-13,22H,4,14H2,1-3H3. The molecule has 0 unspecified atom stereocenters. The van der Waals surface area contributed by atoms with Gasteiger partial charge in [-0.3, -0.25) is 10.3 Å². The van der Waals surface area contributed by atoms with Gasteiger partial charge in [-0.25, -0.2) is 0 Å². The molecule has 0 fully saturated rings. The first-order valence-electron chi connectivity index (χ1n) is 7.89. The van der Waals surface area contributed by atoms with Crippen LogP contribution in [-0.2, 0) is 0 Å². The Balaban J connectivity index is 2.24. The molecule has 0 saturated carbocycles. The Morgan fingerprint density at radius 3 is 1.91 bits per heavy atom. The minimum absolute atomic E-state index is 0.0623. The molecule has 0 radical (unpaired) electrons. The van der Waals surface area contributed by atoms with Crippen molar-refractivity contribution in [2.75, 3.05) is 11.6 Å². The number of hydrogen-bond donors (Lipinski definition) is 1. The average molecular weight is 293 g/mol. The molecule has 0 aliphatic rings. The molecule has 22 heavy (non-hydrogen) atoms. The van der Waals surface area contributed by atoms with Gasteiger partial charge >= 0.3 is 0 Å². The zero-order valence-corrected chi connectivity index (χ0v) is 13.5. The van der Waals surface area contributed by atoms with E-state index in [0.29, 0.717) is 6.54 Å². The van der Waals surface area contributed by atoms with E-state index in [9.17, 15) is 5.21 Å². The van der Waals surface area contributed by atoms with Crippen LogP contribution in [0.3, 0.4) is 0 Å². The Morgan fingerprint density at radius 2 is 1.41 bits per heavy atom. The third kappa shape index (κ3) is 2.67. The van der Waals surface area contributed by atoms with Crippen LogP contribution in [-0.4, -0.2) is 11.8 Å². The van der Waals surface area contributed by atoms with Crippen molar-refractivity contribution < 1.29 is 5.21 Å². The van der Waals surface area contributed by atoms with Gasteiger partial charge < -0.3 is 0 Å². The molecule has 0 aliphatic carbocycles. The van der Waals surface area contributed by atoms with Gasteiger partial charge in [-0.15, -0.1) is 0 Å². The summed E-state index contributed by atoms with van der Waals surface area (Å²) in [4.78, 5) is 0. The molecule has 3 rings (SSSR count). The van der Waals surface area contributed by atoms with E-state index >= 15 is 0 Å². The monoisotopic (exact) mass is 293 g/mol. The summed E-state index contributed by atoms with van der Waals surface area (Å²) < 4.78 is 0. The second-order valence-corrected chi connectivity index (χ2v) is 6.74. The molecule has 0 bridgehead atoms. The van der Waals surface area contributed by atoms with Gasteiger partial charge in [0, 0.05) is 10.8 Å². The lowest BCUT2D eigenvalue weighted by Crippen LogP contribution is -2.31. The van der Waals surface area contributed by atoms with Crippen LogP contribution in [0.1, 0.15) is 27.2 Å². The van der Waals surface area contributed by atoms with Crippen LogP contribution in [0, 0.1) is 5.41 Å². The van der Waals surface area contributed by atoms with E-state index in [1.54, 1.807) is 0 Å². The van der Waals surface area contributed by atoms with Crippen molar-refractivity contribution >= 4 is 27.2 Å². The Kier molecular flexibility index (Phi) is 3.79. The quantitative estimate of drug-likeness (QED) is 0.498. The molecule has 114 valence electrons. The molecule has 2 nitrogen and oxygen atoms in total. The maximum atomic E-state index is 10.8. The first-order chi connectivity index (χ1) is 10.5. The smallest absolute Gasteiger partial charge is 0.0790 e. The minimum Gasteiger partial charge on any atom is -0.288 e. The summed E-state index contributed by atoms with van der Waals surface area (Å²) >= 11 is 0. The van der Waals surface area contributed by atoms with E-state index in [2.05, 4.69) is 51.1 Å². The molecule has 0 saturated heterocycles. The number of anilines is 1. The fourth-order valence-electron chi connectivity index (χ4n) is 2.86. The van der Waals surface area contributed by atoms with Crippen molar-refractivity contribution in [3.05, 3.63) is 54.6 Å². The Morgan fingerprint density at radius 1 is 0.909 bits per heavy atom. The lowest BCUT2D eigenvalue weighted by atomic mass is 9.89. The third-order valence-electron chi connectivity index (χ3n) is 4.54. The maximum absolute atomic E-state index is 10.8. The first-order valence-corrected chi connectivity index (χ1v) is 7.89. The molecule has 0 aliphatic heterocycles. The van der Waals surface area contributed by atoms with Crippen molar-refractivity contribution in [1.82, 2.24) is 0 Å². The second-order valence-electron chi connectivity index (χ2n) is 6.74. The van der Waals surface area contributed by atoms with Crippen LogP contribution in [0.2, 0.25) is 0 Å². The summed E-state index contributed by atoms with van der Waals surface area (Å²) in [5.74, 6) is 0. The van der Waals surface area contributed by atoms with Crippen LogP contribution >= 0.6 is 0 Å². The van der Waals surface area contributed by atoms with Gasteiger partial charge in [-0.1, -0.05) is 69.3 Å². The van der Waals surface area contributed by atoms with Gasteiger partial charge in [0.25, 0.3) is 0 Å². The van der Waals surface area contributed by atoms with E-state index in [0.717, 1.165) is 33.7 Å². The van der Waals surface area contributed by atoms with Gasteiger partial charge in [0.2, 0.25) is 0 Å². The first kappa shape index (κ1) is 14.9. The van der Waals surface area contributed by atoms with Gasteiger partial charge in [0.15, 0.2) is 0 Å². The van der Waals surface area contributed by atoms with Crippen molar-refractivity contribution in [3.8, 4) is 0 Å². The number of hydroxylamine groups is 1. The van der Waals surface area contributed by atoms with Crippen LogP contribution < -0.4 is 5.06 Å². The Labute approximate surface area is 131 Å². The highest BCUT2D eigenvalue weighted by molar-refractivity contribution is 6.10. The highest BCUT2D eigenvalue weighted by Crippen LogP contribution is 2.36. The lowest BCUT2D eigenvalue weighted by molar-refractivity contribution is 0.199.